The average molecular weight is 599 g/mol. The van der Waals surface area contributed by atoms with E-state index in [2.05, 4.69) is 31.8 Å². The van der Waals surface area contributed by atoms with Gasteiger partial charge in [-0.1, -0.05) is 30.3 Å². The number of carbonyl (C=O) groups excluding carboxylic acids is 1. The van der Waals surface area contributed by atoms with E-state index in [1.807, 2.05) is 48.5 Å². The maximum absolute atomic E-state index is 14.6. The minimum Gasteiger partial charge on any atom is -0.356 e. The third-order valence-corrected chi connectivity index (χ3v) is 9.96. The van der Waals surface area contributed by atoms with E-state index in [-0.39, 0.29) is 17.8 Å². The first kappa shape index (κ1) is 27.8. The monoisotopic (exact) mass is 598 g/mol. The highest BCUT2D eigenvalue weighted by molar-refractivity contribution is 6.08. The van der Waals surface area contributed by atoms with Gasteiger partial charge in [-0.15, -0.1) is 0 Å². The number of nitrogens with zero attached hydrogens (tertiary/aromatic N) is 5. The topological polar surface area (TPSA) is 79.3 Å². The van der Waals surface area contributed by atoms with Crippen LogP contribution in [0.15, 0.2) is 66.7 Å². The number of hydrogen-bond donors (Lipinski definition) is 1. The number of anilines is 1. The zero-order chi connectivity index (χ0) is 30.5. The molecule has 0 unspecified atom stereocenters. The number of likely N-dealkylation sites (tertiary alicyclic amines) is 2. The van der Waals surface area contributed by atoms with Crippen molar-refractivity contribution in [2.45, 2.75) is 44.7 Å². The van der Waals surface area contributed by atoms with E-state index in [0.29, 0.717) is 23.2 Å². The first-order chi connectivity index (χ1) is 22.1. The highest BCUT2D eigenvalue weighted by Crippen LogP contribution is 2.35. The number of hydrogen-bond acceptors (Lipinski definition) is 5. The van der Waals surface area contributed by atoms with Crippen LogP contribution in [0.5, 0.6) is 0 Å². The van der Waals surface area contributed by atoms with E-state index < -0.39 is 0 Å². The number of nitrogens with one attached hydrogen (secondary N) is 1. The van der Waals surface area contributed by atoms with Crippen molar-refractivity contribution < 1.29 is 9.18 Å². The SMILES string of the molecule is N#Cc1ccc(-c2ccc3nc(N4CCc5[nH]c6c(F)cccc6c5C4)cc(C(=O)N4CCC[C@H]4CN4CCCC4)c3c2)cc1. The smallest absolute Gasteiger partial charge is 0.254 e. The predicted octanol–water partition coefficient (Wildman–Crippen LogP) is 6.66. The van der Waals surface area contributed by atoms with E-state index in [4.69, 9.17) is 4.98 Å². The lowest BCUT2D eigenvalue weighted by Gasteiger charge is -2.31. The molecule has 1 amide bonds. The Morgan fingerprint density at radius 1 is 0.956 bits per heavy atom. The molecule has 1 atom stereocenters. The molecule has 8 heteroatoms. The summed E-state index contributed by atoms with van der Waals surface area (Å²) in [5, 5.41) is 11.0. The number of aromatic nitrogens is 2. The van der Waals surface area contributed by atoms with E-state index in [0.717, 1.165) is 96.5 Å². The van der Waals surface area contributed by atoms with Gasteiger partial charge in [0.25, 0.3) is 5.91 Å². The highest BCUT2D eigenvalue weighted by Gasteiger charge is 2.33. The van der Waals surface area contributed by atoms with E-state index in [1.165, 1.54) is 18.9 Å². The van der Waals surface area contributed by atoms with Crippen molar-refractivity contribution in [1.29, 1.82) is 5.26 Å². The minimum atomic E-state index is -0.239. The molecule has 0 aliphatic carbocycles. The molecule has 3 aromatic carbocycles. The predicted molar refractivity (Wildman–Crippen MR) is 175 cm³/mol. The number of para-hydroxylation sites is 1. The molecule has 7 nitrogen and oxygen atoms in total. The number of nitriles is 1. The second-order valence-corrected chi connectivity index (χ2v) is 12.7. The van der Waals surface area contributed by atoms with Gasteiger partial charge in [0, 0.05) is 60.7 Å². The number of pyridine rings is 1. The summed E-state index contributed by atoms with van der Waals surface area (Å²) in [6.45, 7) is 5.24. The Labute approximate surface area is 261 Å². The molecule has 1 N–H and O–H groups in total. The standard InChI is InChI=1S/C37H35FN6O/c38-32-7-3-6-28-31-23-43(18-14-34(31)41-36(28)32)35-20-30(37(45)44-17-4-5-27(44)22-42-15-1-2-16-42)29-19-26(12-13-33(29)40-35)25-10-8-24(21-39)9-11-25/h3,6-13,19-20,27,41H,1-2,4-5,14-18,22-23H2/t27-/m0/s1. The number of amides is 1. The molecule has 0 bridgehead atoms. The fourth-order valence-electron chi connectivity index (χ4n) is 7.58. The third kappa shape index (κ3) is 5.01. The van der Waals surface area contributed by atoms with Gasteiger partial charge in [-0.3, -0.25) is 4.79 Å². The molecule has 8 rings (SSSR count). The second-order valence-electron chi connectivity index (χ2n) is 12.7. The van der Waals surface area contributed by atoms with Crippen LogP contribution in [-0.2, 0) is 13.0 Å². The van der Waals surface area contributed by atoms with Crippen LogP contribution in [0.4, 0.5) is 10.2 Å². The van der Waals surface area contributed by atoms with E-state index in [1.54, 1.807) is 6.07 Å². The summed E-state index contributed by atoms with van der Waals surface area (Å²) in [5.41, 5.74) is 6.75. The van der Waals surface area contributed by atoms with Crippen molar-refractivity contribution in [3.05, 3.63) is 94.9 Å². The first-order valence-corrected chi connectivity index (χ1v) is 16.1. The molecular weight excluding hydrogens is 563 g/mol. The molecule has 0 spiro atoms. The van der Waals surface area contributed by atoms with Gasteiger partial charge in [-0.25, -0.2) is 9.37 Å². The molecule has 3 aliphatic rings. The van der Waals surface area contributed by atoms with Gasteiger partial charge in [-0.2, -0.15) is 5.26 Å². The fourth-order valence-corrected chi connectivity index (χ4v) is 7.58. The Hall–Kier alpha value is -4.74. The summed E-state index contributed by atoms with van der Waals surface area (Å²) in [7, 11) is 0. The number of fused-ring (bicyclic) bond motifs is 4. The number of benzene rings is 3. The van der Waals surface area contributed by atoms with E-state index in [9.17, 15) is 14.4 Å². The van der Waals surface area contributed by atoms with Crippen LogP contribution in [0.25, 0.3) is 32.9 Å². The number of rotatable bonds is 5. The van der Waals surface area contributed by atoms with Crippen molar-refractivity contribution in [3.63, 3.8) is 0 Å². The van der Waals surface area contributed by atoms with Gasteiger partial charge >= 0.3 is 0 Å². The Morgan fingerprint density at radius 2 is 1.78 bits per heavy atom. The molecule has 2 aromatic heterocycles. The maximum Gasteiger partial charge on any atom is 0.254 e. The molecule has 3 aliphatic heterocycles. The van der Waals surface area contributed by atoms with Gasteiger partial charge in [0.2, 0.25) is 0 Å². The quantitative estimate of drug-likeness (QED) is 0.245. The number of aromatic amines is 1. The van der Waals surface area contributed by atoms with Crippen LogP contribution < -0.4 is 4.90 Å². The highest BCUT2D eigenvalue weighted by atomic mass is 19.1. The molecule has 0 radical (unpaired) electrons. The summed E-state index contributed by atoms with van der Waals surface area (Å²) in [6.07, 6.45) is 5.26. The Morgan fingerprint density at radius 3 is 2.60 bits per heavy atom. The normalized spacial score (nSPS) is 18.5. The van der Waals surface area contributed by atoms with Crippen LogP contribution in [0.1, 0.15) is 52.9 Å². The van der Waals surface area contributed by atoms with Crippen LogP contribution in [0.2, 0.25) is 0 Å². The Kier molecular flexibility index (Phi) is 6.99. The van der Waals surface area contributed by atoms with Crippen molar-refractivity contribution >= 4 is 33.5 Å². The fraction of sp³-hybridized carbons (Fsp3) is 0.324. The van der Waals surface area contributed by atoms with Crippen LogP contribution in [0, 0.1) is 17.1 Å². The molecule has 226 valence electrons. The van der Waals surface area contributed by atoms with Crippen molar-refractivity contribution in [2.24, 2.45) is 0 Å². The van der Waals surface area contributed by atoms with Gasteiger partial charge < -0.3 is 19.7 Å². The summed E-state index contributed by atoms with van der Waals surface area (Å²) in [5.74, 6) is 0.593. The lowest BCUT2D eigenvalue weighted by atomic mass is 9.98. The number of carbonyl (C=O) groups is 1. The molecular formula is C37H35FN6O. The summed E-state index contributed by atoms with van der Waals surface area (Å²) in [6, 6.07) is 23.3. The number of halogens is 1. The number of H-pyrrole nitrogens is 1. The molecule has 5 aromatic rings. The van der Waals surface area contributed by atoms with Crippen LogP contribution in [0.3, 0.4) is 0 Å². The lowest BCUT2D eigenvalue weighted by molar-refractivity contribution is 0.0710. The van der Waals surface area contributed by atoms with Crippen molar-refractivity contribution in [2.75, 3.05) is 37.6 Å². The zero-order valence-corrected chi connectivity index (χ0v) is 25.2. The van der Waals surface area contributed by atoms with Gasteiger partial charge in [0.05, 0.1) is 28.2 Å². The Balaban J connectivity index is 1.20. The average Bonchev–Trinajstić information content (AvgIpc) is 3.85. The molecule has 0 saturated carbocycles. The van der Waals surface area contributed by atoms with Crippen molar-refractivity contribution in [3.8, 4) is 17.2 Å². The van der Waals surface area contributed by atoms with Crippen molar-refractivity contribution in [1.82, 2.24) is 19.8 Å². The molecule has 5 heterocycles. The second kappa shape index (κ2) is 11.3. The summed E-state index contributed by atoms with van der Waals surface area (Å²) < 4.78 is 14.6. The molecule has 45 heavy (non-hydrogen) atoms. The zero-order valence-electron chi connectivity index (χ0n) is 25.2. The first-order valence-electron chi connectivity index (χ1n) is 16.1. The third-order valence-electron chi connectivity index (χ3n) is 9.96. The van der Waals surface area contributed by atoms with Gasteiger partial charge in [0.15, 0.2) is 0 Å². The summed E-state index contributed by atoms with van der Waals surface area (Å²) in [4.78, 5) is 29.8. The largest absolute Gasteiger partial charge is 0.356 e. The van der Waals surface area contributed by atoms with Crippen LogP contribution >= 0.6 is 0 Å². The van der Waals surface area contributed by atoms with Gasteiger partial charge in [0.1, 0.15) is 11.6 Å². The Bertz CT molecular complexity index is 1970. The summed E-state index contributed by atoms with van der Waals surface area (Å²) >= 11 is 0. The molecule has 2 saturated heterocycles. The minimum absolute atomic E-state index is 0.0641. The van der Waals surface area contributed by atoms with Gasteiger partial charge in [-0.05, 0) is 86.3 Å². The molecule has 2 fully saturated rings. The van der Waals surface area contributed by atoms with E-state index >= 15 is 0 Å². The van der Waals surface area contributed by atoms with Crippen LogP contribution in [-0.4, -0.2) is 64.4 Å². The maximum atomic E-state index is 14.6. The lowest BCUT2D eigenvalue weighted by Crippen LogP contribution is -2.42.